The van der Waals surface area contributed by atoms with Crippen LogP contribution in [0.5, 0.6) is 0 Å². The van der Waals surface area contributed by atoms with Gasteiger partial charge in [-0.2, -0.15) is 0 Å². The van der Waals surface area contributed by atoms with E-state index in [1.807, 2.05) is 53.1 Å². The number of carbonyl (C=O) groups is 1. The first-order valence-electron chi connectivity index (χ1n) is 10.6. The van der Waals surface area contributed by atoms with E-state index in [0.717, 1.165) is 49.9 Å². The molecule has 0 aliphatic carbocycles. The number of hydrogen-bond acceptors (Lipinski definition) is 6. The lowest BCUT2D eigenvalue weighted by atomic mass is 10.1. The Balaban J connectivity index is 1.48. The van der Waals surface area contributed by atoms with Crippen molar-refractivity contribution in [3.05, 3.63) is 64.9 Å². The first-order valence-corrected chi connectivity index (χ1v) is 12.0. The predicted octanol–water partition coefficient (Wildman–Crippen LogP) is 4.05. The van der Waals surface area contributed by atoms with Gasteiger partial charge in [0.25, 0.3) is 0 Å². The molecule has 2 heterocycles. The van der Waals surface area contributed by atoms with E-state index < -0.39 is 0 Å². The Morgan fingerprint density at radius 3 is 2.50 bits per heavy atom. The van der Waals surface area contributed by atoms with Crippen LogP contribution in [0.15, 0.2) is 53.7 Å². The molecule has 3 aromatic rings. The van der Waals surface area contributed by atoms with E-state index in [9.17, 15) is 4.79 Å². The summed E-state index contributed by atoms with van der Waals surface area (Å²) in [6.45, 7) is 5.92. The van der Waals surface area contributed by atoms with Gasteiger partial charge in [0, 0.05) is 29.5 Å². The number of morpholine rings is 1. The van der Waals surface area contributed by atoms with E-state index in [0.29, 0.717) is 16.7 Å². The molecule has 0 unspecified atom stereocenters. The normalized spacial score (nSPS) is 14.4. The molecule has 1 aliphatic heterocycles. The molecule has 0 radical (unpaired) electrons. The maximum atomic E-state index is 12.5. The van der Waals surface area contributed by atoms with Crippen molar-refractivity contribution in [1.82, 2.24) is 19.7 Å². The van der Waals surface area contributed by atoms with Crippen LogP contribution in [-0.2, 0) is 22.5 Å². The minimum absolute atomic E-state index is 0.0837. The van der Waals surface area contributed by atoms with Crippen molar-refractivity contribution in [2.75, 3.05) is 37.4 Å². The highest BCUT2D eigenvalue weighted by Crippen LogP contribution is 2.24. The molecular formula is C23H26ClN5O2S. The van der Waals surface area contributed by atoms with Crippen LogP contribution in [0, 0.1) is 0 Å². The molecule has 4 rings (SSSR count). The summed E-state index contributed by atoms with van der Waals surface area (Å²) in [6, 6.07) is 15.5. The Morgan fingerprint density at radius 2 is 1.81 bits per heavy atom. The van der Waals surface area contributed by atoms with E-state index >= 15 is 0 Å². The number of ether oxygens (including phenoxy) is 1. The largest absolute Gasteiger partial charge is 0.379 e. The van der Waals surface area contributed by atoms with Crippen molar-refractivity contribution in [1.29, 1.82) is 0 Å². The number of thioether (sulfide) groups is 1. The molecule has 7 nitrogen and oxygen atoms in total. The summed E-state index contributed by atoms with van der Waals surface area (Å²) in [5.74, 6) is 0.977. The molecule has 1 saturated heterocycles. The second-order valence-corrected chi connectivity index (χ2v) is 8.87. The van der Waals surface area contributed by atoms with E-state index in [4.69, 9.17) is 16.3 Å². The standard InChI is InChI=1S/C23H26ClN5O2S/c1-2-17-3-7-19(8-4-17)25-22(30)16-32-23-27-26-21(15-28-11-13-31-14-12-28)29(23)20-9-5-18(24)6-10-20/h3-10H,2,11-16H2,1H3,(H,25,30). The Morgan fingerprint density at radius 1 is 1.09 bits per heavy atom. The molecule has 1 fully saturated rings. The van der Waals surface area contributed by atoms with Crippen LogP contribution in [0.3, 0.4) is 0 Å². The lowest BCUT2D eigenvalue weighted by Crippen LogP contribution is -2.36. The van der Waals surface area contributed by atoms with Crippen molar-refractivity contribution in [2.45, 2.75) is 25.0 Å². The average molecular weight is 472 g/mol. The number of amides is 1. The Hall–Kier alpha value is -2.39. The second kappa shape index (κ2) is 11.0. The van der Waals surface area contributed by atoms with Crippen LogP contribution in [0.25, 0.3) is 5.69 Å². The predicted molar refractivity (Wildman–Crippen MR) is 128 cm³/mol. The van der Waals surface area contributed by atoms with Crippen LogP contribution in [0.2, 0.25) is 5.02 Å². The highest BCUT2D eigenvalue weighted by atomic mass is 35.5. The Labute approximate surface area is 197 Å². The van der Waals surface area contributed by atoms with Gasteiger partial charge in [0.1, 0.15) is 0 Å². The maximum Gasteiger partial charge on any atom is 0.234 e. The minimum Gasteiger partial charge on any atom is -0.379 e. The third kappa shape index (κ3) is 5.89. The van der Waals surface area contributed by atoms with Gasteiger partial charge < -0.3 is 10.1 Å². The fraction of sp³-hybridized carbons (Fsp3) is 0.348. The van der Waals surface area contributed by atoms with Gasteiger partial charge in [-0.3, -0.25) is 14.3 Å². The van der Waals surface area contributed by atoms with Gasteiger partial charge in [0.2, 0.25) is 5.91 Å². The number of hydrogen-bond donors (Lipinski definition) is 1. The van der Waals surface area contributed by atoms with Crippen LogP contribution in [0.1, 0.15) is 18.3 Å². The first kappa shape index (κ1) is 22.8. The molecule has 0 saturated carbocycles. The molecule has 168 valence electrons. The zero-order valence-corrected chi connectivity index (χ0v) is 19.5. The summed E-state index contributed by atoms with van der Waals surface area (Å²) in [4.78, 5) is 14.8. The summed E-state index contributed by atoms with van der Waals surface area (Å²) < 4.78 is 7.45. The third-order valence-corrected chi connectivity index (χ3v) is 6.41. The second-order valence-electron chi connectivity index (χ2n) is 7.49. The Kier molecular flexibility index (Phi) is 7.81. The quantitative estimate of drug-likeness (QED) is 0.500. The van der Waals surface area contributed by atoms with Crippen molar-refractivity contribution in [2.24, 2.45) is 0 Å². The van der Waals surface area contributed by atoms with Crippen molar-refractivity contribution < 1.29 is 9.53 Å². The number of nitrogens with one attached hydrogen (secondary N) is 1. The molecule has 0 atom stereocenters. The molecule has 1 amide bonds. The lowest BCUT2D eigenvalue weighted by Gasteiger charge is -2.26. The molecular weight excluding hydrogens is 446 g/mol. The van der Waals surface area contributed by atoms with Gasteiger partial charge in [0.15, 0.2) is 11.0 Å². The molecule has 32 heavy (non-hydrogen) atoms. The molecule has 0 spiro atoms. The SMILES string of the molecule is CCc1ccc(NC(=O)CSc2nnc(CN3CCOCC3)n2-c2ccc(Cl)cc2)cc1. The number of anilines is 1. The van der Waals surface area contributed by atoms with Crippen molar-refractivity contribution in [3.8, 4) is 5.69 Å². The number of halogens is 1. The summed E-state index contributed by atoms with van der Waals surface area (Å²) >= 11 is 7.45. The fourth-order valence-corrected chi connectivity index (χ4v) is 4.35. The molecule has 1 aromatic heterocycles. The van der Waals surface area contributed by atoms with Crippen LogP contribution >= 0.6 is 23.4 Å². The van der Waals surface area contributed by atoms with Crippen LogP contribution in [-0.4, -0.2) is 57.6 Å². The summed E-state index contributed by atoms with van der Waals surface area (Å²) in [5, 5.41) is 13.1. The van der Waals surface area contributed by atoms with E-state index in [1.54, 1.807) is 0 Å². The fourth-order valence-electron chi connectivity index (χ4n) is 3.46. The zero-order chi connectivity index (χ0) is 22.3. The number of benzene rings is 2. The van der Waals surface area contributed by atoms with Crippen molar-refractivity contribution >= 4 is 35.0 Å². The molecule has 1 aliphatic rings. The number of rotatable bonds is 8. The molecule has 2 aromatic carbocycles. The van der Waals surface area contributed by atoms with E-state index in [-0.39, 0.29) is 11.7 Å². The topological polar surface area (TPSA) is 72.3 Å². The number of nitrogens with zero attached hydrogens (tertiary/aromatic N) is 4. The third-order valence-electron chi connectivity index (χ3n) is 5.23. The smallest absolute Gasteiger partial charge is 0.234 e. The summed E-state index contributed by atoms with van der Waals surface area (Å²) in [7, 11) is 0. The number of aryl methyl sites for hydroxylation is 1. The van der Waals surface area contributed by atoms with Crippen molar-refractivity contribution in [3.63, 3.8) is 0 Å². The van der Waals surface area contributed by atoms with Gasteiger partial charge in [-0.05, 0) is 48.4 Å². The highest BCUT2D eigenvalue weighted by Gasteiger charge is 2.19. The van der Waals surface area contributed by atoms with Gasteiger partial charge in [-0.25, -0.2) is 0 Å². The monoisotopic (exact) mass is 471 g/mol. The minimum atomic E-state index is -0.0837. The van der Waals surface area contributed by atoms with Crippen LogP contribution in [0.4, 0.5) is 5.69 Å². The van der Waals surface area contributed by atoms with Gasteiger partial charge >= 0.3 is 0 Å². The first-order chi connectivity index (χ1) is 15.6. The lowest BCUT2D eigenvalue weighted by molar-refractivity contribution is -0.113. The molecule has 0 bridgehead atoms. The summed E-state index contributed by atoms with van der Waals surface area (Å²) in [5.41, 5.74) is 2.95. The van der Waals surface area contributed by atoms with E-state index in [1.165, 1.54) is 17.3 Å². The maximum absolute atomic E-state index is 12.5. The van der Waals surface area contributed by atoms with Gasteiger partial charge in [0.05, 0.1) is 25.5 Å². The zero-order valence-electron chi connectivity index (χ0n) is 18.0. The van der Waals surface area contributed by atoms with Crippen LogP contribution < -0.4 is 5.32 Å². The Bertz CT molecular complexity index is 1030. The average Bonchev–Trinajstić information content (AvgIpc) is 3.21. The molecule has 9 heteroatoms. The van der Waals surface area contributed by atoms with Gasteiger partial charge in [-0.1, -0.05) is 42.4 Å². The highest BCUT2D eigenvalue weighted by molar-refractivity contribution is 7.99. The number of carbonyl (C=O) groups excluding carboxylic acids is 1. The molecule has 1 N–H and O–H groups in total. The summed E-state index contributed by atoms with van der Waals surface area (Å²) in [6.07, 6.45) is 0.969. The van der Waals surface area contributed by atoms with Gasteiger partial charge in [-0.15, -0.1) is 10.2 Å². The number of aromatic nitrogens is 3. The van der Waals surface area contributed by atoms with E-state index in [2.05, 4.69) is 27.3 Å².